The van der Waals surface area contributed by atoms with E-state index < -0.39 is 57.8 Å². The van der Waals surface area contributed by atoms with E-state index in [0.29, 0.717) is 62.2 Å². The standard InChI is InChI=1S/C39H50N2O12S3/c1-5-40-33-20-18-29(55(47,48)49)27-31(33)38(2,22-14-26-54(44,45)46)35(40)15-10-7-6-8-11-16-36-39(3,23-25-53-4)32-28-30(56(50,51)52)19-21-34(32)41(36)24-13-9-12-17-37(42)43/h6-8,10-11,15-16,18-21,27-28H,5,9,12-14,17,22-26H2,1-4H3,(H3-,42,43,44,45,46,47,48,49,50,51,52)/p-2. The molecule has 0 saturated heterocycles. The minimum absolute atomic E-state index is 0.0127. The van der Waals surface area contributed by atoms with E-state index in [0.717, 1.165) is 17.1 Å². The van der Waals surface area contributed by atoms with Crippen LogP contribution in [0.25, 0.3) is 0 Å². The monoisotopic (exact) mass is 832 g/mol. The molecule has 2 aliphatic rings. The van der Waals surface area contributed by atoms with Gasteiger partial charge in [-0.3, -0.25) is 4.79 Å². The Morgan fingerprint density at radius 3 is 2.05 bits per heavy atom. The average Bonchev–Trinajstić information content (AvgIpc) is 3.48. The lowest BCUT2D eigenvalue weighted by atomic mass is 9.76. The van der Waals surface area contributed by atoms with Gasteiger partial charge in [0.15, 0.2) is 5.71 Å². The van der Waals surface area contributed by atoms with Crippen LogP contribution in [0, 0.1) is 0 Å². The first-order valence-corrected chi connectivity index (χ1v) is 22.6. The van der Waals surface area contributed by atoms with Crippen molar-refractivity contribution < 1.29 is 58.1 Å². The molecule has 1 N–H and O–H groups in total. The van der Waals surface area contributed by atoms with Gasteiger partial charge >= 0.3 is 5.97 Å². The number of hydrogen-bond acceptors (Lipinski definition) is 12. The lowest BCUT2D eigenvalue weighted by molar-refractivity contribution is -0.438. The van der Waals surface area contributed by atoms with Crippen LogP contribution >= 0.6 is 0 Å². The second-order valence-corrected chi connectivity index (χ2v) is 18.5. The molecule has 0 aliphatic carbocycles. The zero-order valence-corrected chi connectivity index (χ0v) is 34.3. The van der Waals surface area contributed by atoms with Gasteiger partial charge in [0.2, 0.25) is 5.69 Å². The number of nitrogens with zero attached hydrogens (tertiary/aromatic N) is 2. The summed E-state index contributed by atoms with van der Waals surface area (Å²) in [6.07, 6.45) is 15.3. The van der Waals surface area contributed by atoms with Crippen molar-refractivity contribution in [3.63, 3.8) is 0 Å². The molecule has 0 spiro atoms. The van der Waals surface area contributed by atoms with Crippen LogP contribution in [-0.2, 0) is 50.7 Å². The van der Waals surface area contributed by atoms with Gasteiger partial charge in [0.1, 0.15) is 26.8 Å². The van der Waals surface area contributed by atoms with E-state index in [1.54, 1.807) is 43.5 Å². The van der Waals surface area contributed by atoms with Crippen LogP contribution in [-0.4, -0.2) is 92.8 Å². The number of carboxylic acid groups (broad SMARTS) is 1. The molecular formula is C39H48N2O12S3-2. The van der Waals surface area contributed by atoms with Gasteiger partial charge in [-0.2, -0.15) is 4.58 Å². The highest BCUT2D eigenvalue weighted by Crippen LogP contribution is 2.51. The van der Waals surface area contributed by atoms with Gasteiger partial charge in [0.25, 0.3) is 0 Å². The van der Waals surface area contributed by atoms with Crippen LogP contribution in [0.3, 0.4) is 0 Å². The van der Waals surface area contributed by atoms with E-state index in [-0.39, 0.29) is 24.2 Å². The number of rotatable bonds is 20. The molecule has 306 valence electrons. The van der Waals surface area contributed by atoms with Crippen LogP contribution < -0.4 is 4.90 Å². The summed E-state index contributed by atoms with van der Waals surface area (Å²) in [5.74, 6) is -1.47. The largest absolute Gasteiger partial charge is 0.748 e. The van der Waals surface area contributed by atoms with Gasteiger partial charge in [0.05, 0.1) is 25.3 Å². The van der Waals surface area contributed by atoms with E-state index in [4.69, 9.17) is 9.84 Å². The van der Waals surface area contributed by atoms with Crippen LogP contribution in [0.4, 0.5) is 11.4 Å². The molecule has 0 amide bonds. The zero-order valence-electron chi connectivity index (χ0n) is 31.8. The van der Waals surface area contributed by atoms with Crippen molar-refractivity contribution in [2.24, 2.45) is 0 Å². The molecular weight excluding hydrogens is 785 g/mol. The molecule has 17 heteroatoms. The Balaban J connectivity index is 1.68. The van der Waals surface area contributed by atoms with Gasteiger partial charge in [-0.15, -0.1) is 0 Å². The van der Waals surface area contributed by atoms with E-state index in [1.165, 1.54) is 24.3 Å². The molecule has 0 aromatic heterocycles. The highest BCUT2D eigenvalue weighted by Gasteiger charge is 2.48. The van der Waals surface area contributed by atoms with Crippen molar-refractivity contribution in [2.75, 3.05) is 37.5 Å². The van der Waals surface area contributed by atoms with E-state index >= 15 is 0 Å². The second-order valence-electron chi connectivity index (χ2n) is 14.2. The molecule has 0 fully saturated rings. The van der Waals surface area contributed by atoms with Gasteiger partial charge in [0, 0.05) is 73.4 Å². The number of benzene rings is 2. The number of carbonyl (C=O) groups is 1. The van der Waals surface area contributed by atoms with Gasteiger partial charge < -0.3 is 28.4 Å². The number of methoxy groups -OCH3 is 1. The minimum atomic E-state index is -4.78. The molecule has 0 saturated carbocycles. The summed E-state index contributed by atoms with van der Waals surface area (Å²) in [6, 6.07) is 8.47. The van der Waals surface area contributed by atoms with Crippen molar-refractivity contribution in [1.29, 1.82) is 0 Å². The third-order valence-electron chi connectivity index (χ3n) is 10.4. The van der Waals surface area contributed by atoms with Gasteiger partial charge in [-0.1, -0.05) is 30.4 Å². The lowest BCUT2D eigenvalue weighted by Crippen LogP contribution is -2.33. The predicted molar refractivity (Wildman–Crippen MR) is 208 cm³/mol. The number of ether oxygens (including phenoxy) is 1. The number of fused-ring (bicyclic) bond motifs is 2. The molecule has 56 heavy (non-hydrogen) atoms. The summed E-state index contributed by atoms with van der Waals surface area (Å²) in [4.78, 5) is 12.3. The van der Waals surface area contributed by atoms with Crippen LogP contribution in [0.2, 0.25) is 0 Å². The predicted octanol–water partition coefficient (Wildman–Crippen LogP) is 5.21. The quantitative estimate of drug-likeness (QED) is 0.0784. The molecule has 14 nitrogen and oxygen atoms in total. The van der Waals surface area contributed by atoms with Crippen molar-refractivity contribution in [1.82, 2.24) is 0 Å². The van der Waals surface area contributed by atoms with Crippen molar-refractivity contribution >= 4 is 53.4 Å². The Morgan fingerprint density at radius 2 is 1.45 bits per heavy atom. The highest BCUT2D eigenvalue weighted by atomic mass is 32.2. The molecule has 2 unspecified atom stereocenters. The summed E-state index contributed by atoms with van der Waals surface area (Å²) in [5.41, 5.74) is 2.54. The van der Waals surface area contributed by atoms with Crippen molar-refractivity contribution in [3.05, 3.63) is 95.8 Å². The summed E-state index contributed by atoms with van der Waals surface area (Å²) in [5, 5.41) is 9.06. The smallest absolute Gasteiger partial charge is 0.303 e. The molecule has 4 rings (SSSR count). The third-order valence-corrected chi connectivity index (χ3v) is 12.9. The molecule has 2 heterocycles. The summed E-state index contributed by atoms with van der Waals surface area (Å²) >= 11 is 0. The fraction of sp³-hybridized carbons (Fsp3) is 0.436. The first kappa shape index (κ1) is 44.7. The maximum atomic E-state index is 12.0. The maximum Gasteiger partial charge on any atom is 0.303 e. The Morgan fingerprint density at radius 1 is 0.821 bits per heavy atom. The first-order chi connectivity index (χ1) is 26.2. The zero-order chi connectivity index (χ0) is 41.5. The number of allylic oxidation sites excluding steroid dienone is 8. The van der Waals surface area contributed by atoms with E-state index in [9.17, 15) is 43.7 Å². The fourth-order valence-electron chi connectivity index (χ4n) is 7.60. The Kier molecular flexibility index (Phi) is 14.5. The third kappa shape index (κ3) is 10.5. The molecule has 2 aromatic rings. The lowest BCUT2D eigenvalue weighted by Gasteiger charge is -2.30. The van der Waals surface area contributed by atoms with Crippen LogP contribution in [0.1, 0.15) is 76.8 Å². The van der Waals surface area contributed by atoms with Crippen molar-refractivity contribution in [2.45, 2.75) is 86.3 Å². The Bertz CT molecular complexity index is 2290. The normalized spacial score (nSPS) is 21.0. The fourth-order valence-corrected chi connectivity index (χ4v) is 9.09. The maximum absolute atomic E-state index is 12.0. The topological polar surface area (TPSA) is 224 Å². The number of aliphatic carboxylic acids is 1. The SMILES string of the molecule is CCN1/C(=C/C=C/C=C/C=C/C2=[N+](CCCCCC(=O)O)c3ccc(S(=O)(=O)[O-])cc3C2(C)CCOC)C(C)(CCCS(=O)(=O)[O-])c2cc(S(=O)(=O)[O-])ccc21. The summed E-state index contributed by atoms with van der Waals surface area (Å²) in [7, 11) is -12.4. The Labute approximate surface area is 329 Å². The van der Waals surface area contributed by atoms with Gasteiger partial charge in [-0.05, 0) is 94.8 Å². The van der Waals surface area contributed by atoms with Crippen LogP contribution in [0.15, 0.2) is 94.4 Å². The summed E-state index contributed by atoms with van der Waals surface area (Å²) in [6.45, 7) is 7.03. The first-order valence-electron chi connectivity index (χ1n) is 18.2. The molecule has 0 bridgehead atoms. The molecule has 2 atom stereocenters. The Hall–Kier alpha value is -3.97. The van der Waals surface area contributed by atoms with E-state index in [1.807, 2.05) is 43.9 Å². The summed E-state index contributed by atoms with van der Waals surface area (Å²) < 4.78 is 114. The average molecular weight is 833 g/mol. The van der Waals surface area contributed by atoms with Gasteiger partial charge in [-0.25, -0.2) is 25.3 Å². The number of hydrogen-bond donors (Lipinski definition) is 1. The van der Waals surface area contributed by atoms with Crippen LogP contribution in [0.5, 0.6) is 0 Å². The second kappa shape index (κ2) is 18.1. The van der Waals surface area contributed by atoms with E-state index in [2.05, 4.69) is 4.58 Å². The molecule has 2 aliphatic heterocycles. The minimum Gasteiger partial charge on any atom is -0.748 e. The number of unbranched alkanes of at least 4 members (excludes halogenated alkanes) is 2. The van der Waals surface area contributed by atoms with Crippen molar-refractivity contribution in [3.8, 4) is 0 Å². The number of carboxylic acids is 1. The molecule has 0 radical (unpaired) electrons. The number of anilines is 1. The molecule has 2 aromatic carbocycles. The highest BCUT2D eigenvalue weighted by molar-refractivity contribution is 7.86. The number of likely N-dealkylation sites (N-methyl/N-ethyl adjacent to an activating group) is 1.